The molecule has 0 radical (unpaired) electrons. The fourth-order valence-electron chi connectivity index (χ4n) is 3.82. The highest BCUT2D eigenvalue weighted by Crippen LogP contribution is 2.33. The maximum Gasteiger partial charge on any atom is 0.435 e. The molecule has 0 aliphatic carbocycles. The Morgan fingerprint density at radius 3 is 2.35 bits per heavy atom. The van der Waals surface area contributed by atoms with Gasteiger partial charge >= 0.3 is 12.1 Å². The van der Waals surface area contributed by atoms with E-state index in [-0.39, 0.29) is 34.3 Å². The van der Waals surface area contributed by atoms with E-state index in [2.05, 4.69) is 15.2 Å². The Bertz CT molecular complexity index is 1620. The molecule has 13 nitrogen and oxygen atoms in total. The molecule has 1 aliphatic heterocycles. The Hall–Kier alpha value is -4.67. The zero-order chi connectivity index (χ0) is 31.5. The Balaban J connectivity index is 1.40. The molecule has 1 N–H and O–H groups in total. The Morgan fingerprint density at radius 1 is 1.14 bits per heavy atom. The number of rotatable bonds is 10. The van der Waals surface area contributed by atoms with Gasteiger partial charge in [-0.05, 0) is 37.3 Å². The first-order chi connectivity index (χ1) is 20.2. The SMILES string of the molecule is Cc1ccc(-c2cc(C(F)(F)F)nn2-c2ccc(S(=O)(=O)NC(=O)C3CN(/[N+]([O-])=N/OCOC(=O)C(C)C)C3)cc2)cc1. The summed E-state index contributed by atoms with van der Waals surface area (Å²) in [5.41, 5.74) is 0.566. The molecule has 1 aliphatic rings. The molecule has 0 spiro atoms. The fraction of sp³-hybridized carbons (Fsp3) is 0.346. The molecular formula is C26H27F3N6O7S. The van der Waals surface area contributed by atoms with Gasteiger partial charge in [0.25, 0.3) is 16.8 Å². The number of nitrogens with one attached hydrogen (secondary N) is 1. The van der Waals surface area contributed by atoms with Gasteiger partial charge in [-0.25, -0.2) is 17.8 Å². The molecule has 1 saturated heterocycles. The van der Waals surface area contributed by atoms with Crippen LogP contribution in [-0.2, 0) is 35.4 Å². The van der Waals surface area contributed by atoms with E-state index < -0.39 is 52.4 Å². The third kappa shape index (κ3) is 7.40. The molecule has 43 heavy (non-hydrogen) atoms. The van der Waals surface area contributed by atoms with Gasteiger partial charge < -0.3 is 14.8 Å². The minimum Gasteiger partial charge on any atom is -0.569 e. The second kappa shape index (κ2) is 12.3. The maximum absolute atomic E-state index is 13.5. The van der Waals surface area contributed by atoms with Gasteiger partial charge in [-0.2, -0.15) is 18.3 Å². The zero-order valence-electron chi connectivity index (χ0n) is 23.1. The summed E-state index contributed by atoms with van der Waals surface area (Å²) in [6.07, 6.45) is -4.71. The first-order valence-corrected chi connectivity index (χ1v) is 14.3. The number of amides is 1. The first-order valence-electron chi connectivity index (χ1n) is 12.8. The van der Waals surface area contributed by atoms with Crippen molar-refractivity contribution >= 4 is 21.9 Å². The summed E-state index contributed by atoms with van der Waals surface area (Å²) in [6, 6.07) is 12.5. The lowest BCUT2D eigenvalue weighted by Gasteiger charge is -2.32. The summed E-state index contributed by atoms with van der Waals surface area (Å²) in [6.45, 7) is 4.15. The van der Waals surface area contributed by atoms with Crippen molar-refractivity contribution in [2.24, 2.45) is 17.1 Å². The smallest absolute Gasteiger partial charge is 0.435 e. The lowest BCUT2D eigenvalue weighted by molar-refractivity contribution is -0.726. The van der Waals surface area contributed by atoms with E-state index in [9.17, 15) is 36.4 Å². The van der Waals surface area contributed by atoms with Crippen LogP contribution in [0.1, 0.15) is 25.1 Å². The van der Waals surface area contributed by atoms with Crippen molar-refractivity contribution < 1.29 is 45.7 Å². The van der Waals surface area contributed by atoms with Crippen LogP contribution in [0.3, 0.4) is 0 Å². The molecule has 1 amide bonds. The van der Waals surface area contributed by atoms with Crippen LogP contribution in [0.2, 0.25) is 0 Å². The Labute approximate surface area is 244 Å². The average molecular weight is 625 g/mol. The molecule has 3 aromatic rings. The second-order valence-electron chi connectivity index (χ2n) is 9.92. The Kier molecular flexibility index (Phi) is 8.93. The molecular weight excluding hydrogens is 597 g/mol. The van der Waals surface area contributed by atoms with Gasteiger partial charge in [0.2, 0.25) is 11.2 Å². The molecule has 1 aromatic heterocycles. The molecule has 0 bridgehead atoms. The molecule has 0 atom stereocenters. The highest BCUT2D eigenvalue weighted by Gasteiger charge is 2.40. The topological polar surface area (TPSA) is 158 Å². The Morgan fingerprint density at radius 2 is 1.77 bits per heavy atom. The van der Waals surface area contributed by atoms with E-state index in [1.807, 2.05) is 11.6 Å². The molecule has 230 valence electrons. The molecule has 4 rings (SSSR count). The summed E-state index contributed by atoms with van der Waals surface area (Å²) in [7, 11) is -4.35. The van der Waals surface area contributed by atoms with Crippen molar-refractivity contribution in [3.63, 3.8) is 0 Å². The third-order valence-electron chi connectivity index (χ3n) is 6.30. The van der Waals surface area contributed by atoms with Crippen molar-refractivity contribution in [1.82, 2.24) is 19.5 Å². The van der Waals surface area contributed by atoms with Crippen LogP contribution in [0.25, 0.3) is 16.9 Å². The van der Waals surface area contributed by atoms with E-state index >= 15 is 0 Å². The number of sulfonamides is 1. The fourth-order valence-corrected chi connectivity index (χ4v) is 4.87. The highest BCUT2D eigenvalue weighted by molar-refractivity contribution is 7.90. The number of carbonyl (C=O) groups excluding carboxylic acids is 2. The lowest BCUT2D eigenvalue weighted by Crippen LogP contribution is -2.56. The first kappa shape index (κ1) is 31.3. The number of hydrazine groups is 1. The number of benzene rings is 2. The molecule has 2 aromatic carbocycles. The quantitative estimate of drug-likeness (QED) is 0.0889. The van der Waals surface area contributed by atoms with Gasteiger partial charge in [-0.3, -0.25) is 9.59 Å². The third-order valence-corrected chi connectivity index (χ3v) is 7.66. The molecule has 1 fully saturated rings. The summed E-state index contributed by atoms with van der Waals surface area (Å²) < 4.78 is 73.7. The lowest BCUT2D eigenvalue weighted by atomic mass is 10.0. The van der Waals surface area contributed by atoms with Crippen molar-refractivity contribution in [2.45, 2.75) is 31.8 Å². The number of esters is 1. The largest absolute Gasteiger partial charge is 0.569 e. The van der Waals surface area contributed by atoms with Gasteiger partial charge in [-0.15, -0.1) is 5.01 Å². The van der Waals surface area contributed by atoms with Crippen LogP contribution in [0.4, 0.5) is 13.2 Å². The number of ether oxygens (including phenoxy) is 1. The predicted molar refractivity (Wildman–Crippen MR) is 142 cm³/mol. The van der Waals surface area contributed by atoms with E-state index in [0.717, 1.165) is 33.5 Å². The highest BCUT2D eigenvalue weighted by atomic mass is 32.2. The number of nitrogens with zero attached hydrogens (tertiary/aromatic N) is 5. The van der Waals surface area contributed by atoms with Crippen LogP contribution in [0.15, 0.2) is 64.8 Å². The number of hydrogen-bond acceptors (Lipinski definition) is 9. The van der Waals surface area contributed by atoms with Crippen molar-refractivity contribution in [1.29, 1.82) is 0 Å². The number of aromatic nitrogens is 2. The van der Waals surface area contributed by atoms with Gasteiger partial charge in [-0.1, -0.05) is 43.7 Å². The van der Waals surface area contributed by atoms with E-state index in [4.69, 9.17) is 4.74 Å². The standard InChI is InChI=1S/C26H27F3N6O7S/c1-16(2)25(37)41-15-42-32-35(38)33-13-19(14-33)24(36)31-43(39,40)21-10-8-20(9-11-21)34-22(12-23(30-34)26(27,28)29)18-6-4-17(3)5-7-18/h4-12,16,19H,13-15H2,1-3H3,(H,31,36)/b35-32-. The van der Waals surface area contributed by atoms with Gasteiger partial charge in [0, 0.05) is 5.56 Å². The van der Waals surface area contributed by atoms with Crippen LogP contribution in [0, 0.1) is 24.0 Å². The molecule has 0 unspecified atom stereocenters. The predicted octanol–water partition coefficient (Wildman–Crippen LogP) is 3.57. The van der Waals surface area contributed by atoms with Crippen LogP contribution < -0.4 is 4.72 Å². The summed E-state index contributed by atoms with van der Waals surface area (Å²) in [4.78, 5) is 28.2. The zero-order valence-corrected chi connectivity index (χ0v) is 23.9. The second-order valence-corrected chi connectivity index (χ2v) is 11.6. The van der Waals surface area contributed by atoms with Crippen molar-refractivity contribution in [3.8, 4) is 16.9 Å². The average Bonchev–Trinajstić information content (AvgIpc) is 3.36. The van der Waals surface area contributed by atoms with Gasteiger partial charge in [0.1, 0.15) is 0 Å². The molecule has 2 heterocycles. The van der Waals surface area contributed by atoms with Crippen molar-refractivity contribution in [2.75, 3.05) is 19.9 Å². The number of aryl methyl sites for hydroxylation is 1. The van der Waals surface area contributed by atoms with E-state index in [1.54, 1.807) is 38.1 Å². The van der Waals surface area contributed by atoms with Crippen LogP contribution >= 0.6 is 0 Å². The number of alkyl halides is 3. The normalized spacial score (nSPS) is 14.4. The van der Waals surface area contributed by atoms with E-state index in [1.165, 1.54) is 12.1 Å². The minimum atomic E-state index is -4.71. The monoisotopic (exact) mass is 624 g/mol. The molecule has 0 saturated carbocycles. The van der Waals surface area contributed by atoms with Gasteiger partial charge in [0.15, 0.2) is 5.69 Å². The van der Waals surface area contributed by atoms with Gasteiger partial charge in [0.05, 0.1) is 46.2 Å². The number of halogens is 3. The van der Waals surface area contributed by atoms with Crippen molar-refractivity contribution in [3.05, 3.63) is 71.1 Å². The summed E-state index contributed by atoms with van der Waals surface area (Å²) in [5, 5.41) is 19.8. The van der Waals surface area contributed by atoms with E-state index in [0.29, 0.717) is 5.56 Å². The summed E-state index contributed by atoms with van der Waals surface area (Å²) >= 11 is 0. The summed E-state index contributed by atoms with van der Waals surface area (Å²) in [5.74, 6) is -2.67. The van der Waals surface area contributed by atoms with Crippen LogP contribution in [0.5, 0.6) is 0 Å². The number of carbonyl (C=O) groups is 2. The maximum atomic E-state index is 13.5. The minimum absolute atomic E-state index is 0.0462. The number of hydrogen-bond donors (Lipinski definition) is 1. The molecule has 17 heteroatoms. The van der Waals surface area contributed by atoms with Crippen LogP contribution in [-0.4, -0.2) is 59.9 Å².